The van der Waals surface area contributed by atoms with Gasteiger partial charge in [0.25, 0.3) is 5.91 Å². The first-order valence-corrected chi connectivity index (χ1v) is 8.99. The van der Waals surface area contributed by atoms with E-state index < -0.39 is 0 Å². The second kappa shape index (κ2) is 5.56. The Hall–Kier alpha value is -2.93. The van der Waals surface area contributed by atoms with Crippen LogP contribution in [0.5, 0.6) is 0 Å². The van der Waals surface area contributed by atoms with Crippen molar-refractivity contribution in [2.75, 3.05) is 6.54 Å². The highest BCUT2D eigenvalue weighted by Gasteiger charge is 2.26. The Morgan fingerprint density at radius 2 is 2.08 bits per heavy atom. The lowest BCUT2D eigenvalue weighted by atomic mass is 10.2. The summed E-state index contributed by atoms with van der Waals surface area (Å²) in [5, 5.41) is 6.34. The van der Waals surface area contributed by atoms with Gasteiger partial charge in [-0.1, -0.05) is 12.1 Å². The zero-order valence-corrected chi connectivity index (χ0v) is 14.2. The van der Waals surface area contributed by atoms with Crippen LogP contribution in [0.1, 0.15) is 16.2 Å². The van der Waals surface area contributed by atoms with Crippen LogP contribution in [0, 0.1) is 0 Å². The molecule has 0 aliphatic carbocycles. The summed E-state index contributed by atoms with van der Waals surface area (Å²) in [5.41, 5.74) is 2.60. The molecule has 4 aromatic rings. The van der Waals surface area contributed by atoms with E-state index in [0.29, 0.717) is 18.7 Å². The number of hydrogen-bond acceptors (Lipinski definition) is 4. The van der Waals surface area contributed by atoms with Gasteiger partial charge in [-0.2, -0.15) is 5.10 Å². The Kier molecular flexibility index (Phi) is 3.21. The second-order valence-electron chi connectivity index (χ2n) is 6.00. The summed E-state index contributed by atoms with van der Waals surface area (Å²) in [5.74, 6) is 0.938. The van der Waals surface area contributed by atoms with Gasteiger partial charge in [-0.3, -0.25) is 4.79 Å². The summed E-state index contributed by atoms with van der Waals surface area (Å²) in [4.78, 5) is 20.6. The first-order valence-electron chi connectivity index (χ1n) is 8.11. The summed E-state index contributed by atoms with van der Waals surface area (Å²) >= 11 is 1.71. The molecule has 7 heteroatoms. The molecule has 0 unspecified atom stereocenters. The maximum absolute atomic E-state index is 13.0. The van der Waals surface area contributed by atoms with Gasteiger partial charge in [-0.25, -0.2) is 9.50 Å². The number of carbonyl (C=O) groups is 1. The summed E-state index contributed by atoms with van der Waals surface area (Å²) in [6, 6.07) is 9.89. The molecule has 0 saturated heterocycles. The molecule has 0 N–H and O–H groups in total. The summed E-state index contributed by atoms with van der Waals surface area (Å²) in [6.07, 6.45) is 5.41. The van der Waals surface area contributed by atoms with E-state index in [4.69, 9.17) is 0 Å². The largest absolute Gasteiger partial charge is 0.329 e. The quantitative estimate of drug-likeness (QED) is 0.559. The maximum atomic E-state index is 13.0. The Balaban J connectivity index is 1.45. The van der Waals surface area contributed by atoms with Gasteiger partial charge in [-0.05, 0) is 23.6 Å². The lowest BCUT2D eigenvalue weighted by Gasteiger charge is -2.28. The van der Waals surface area contributed by atoms with Crippen LogP contribution in [-0.2, 0) is 13.1 Å². The fourth-order valence-corrected chi connectivity index (χ4v) is 4.07. The van der Waals surface area contributed by atoms with Crippen LogP contribution in [0.3, 0.4) is 0 Å². The third-order valence-electron chi connectivity index (χ3n) is 4.58. The summed E-state index contributed by atoms with van der Waals surface area (Å²) in [6.45, 7) is 1.95. The van der Waals surface area contributed by atoms with Crippen molar-refractivity contribution in [3.63, 3.8) is 0 Å². The molecule has 5 rings (SSSR count). The van der Waals surface area contributed by atoms with E-state index >= 15 is 0 Å². The second-order valence-corrected chi connectivity index (χ2v) is 6.95. The van der Waals surface area contributed by atoms with Crippen LogP contribution >= 0.6 is 11.3 Å². The number of pyridine rings is 1. The number of nitrogens with zero attached hydrogens (tertiary/aromatic N) is 5. The average Bonchev–Trinajstić information content (AvgIpc) is 3.38. The van der Waals surface area contributed by atoms with Crippen LogP contribution in [0.25, 0.3) is 16.1 Å². The highest BCUT2D eigenvalue weighted by molar-refractivity contribution is 7.13. The van der Waals surface area contributed by atoms with Crippen molar-refractivity contribution >= 4 is 22.8 Å². The predicted octanol–water partition coefficient (Wildman–Crippen LogP) is 2.92. The predicted molar refractivity (Wildman–Crippen MR) is 95.5 cm³/mol. The fraction of sp³-hybridized carbons (Fsp3) is 0.167. The van der Waals surface area contributed by atoms with Gasteiger partial charge in [0, 0.05) is 19.3 Å². The Bertz CT molecular complexity index is 1060. The molecular formula is C18H15N5OS. The lowest BCUT2D eigenvalue weighted by molar-refractivity contribution is 0.0710. The number of rotatable bonds is 2. The van der Waals surface area contributed by atoms with Crippen molar-refractivity contribution in [2.24, 2.45) is 0 Å². The topological polar surface area (TPSA) is 55.4 Å². The van der Waals surface area contributed by atoms with Gasteiger partial charge in [0.1, 0.15) is 5.82 Å². The fourth-order valence-electron chi connectivity index (χ4n) is 3.32. The third-order valence-corrected chi connectivity index (χ3v) is 5.47. The Labute approximate surface area is 148 Å². The summed E-state index contributed by atoms with van der Waals surface area (Å²) < 4.78 is 3.94. The van der Waals surface area contributed by atoms with Crippen LogP contribution in [0.2, 0.25) is 0 Å². The van der Waals surface area contributed by atoms with Gasteiger partial charge < -0.3 is 9.47 Å². The first-order chi connectivity index (χ1) is 12.3. The highest BCUT2D eigenvalue weighted by Crippen LogP contribution is 2.28. The SMILES string of the molecule is O=C(c1cnn2ccccc12)N1CCn2c(-c3cccs3)cnc2C1. The minimum atomic E-state index is 0.00752. The number of carbonyl (C=O) groups excluding carboxylic acids is 1. The van der Waals surface area contributed by atoms with Gasteiger partial charge in [0.2, 0.25) is 0 Å². The minimum absolute atomic E-state index is 0.00752. The number of hydrogen-bond donors (Lipinski definition) is 0. The first kappa shape index (κ1) is 14.4. The molecule has 0 spiro atoms. The molecule has 0 aromatic carbocycles. The molecule has 1 amide bonds. The number of fused-ring (bicyclic) bond motifs is 2. The lowest BCUT2D eigenvalue weighted by Crippen LogP contribution is -2.38. The van der Waals surface area contributed by atoms with Gasteiger partial charge >= 0.3 is 0 Å². The zero-order chi connectivity index (χ0) is 16.8. The average molecular weight is 349 g/mol. The van der Waals surface area contributed by atoms with E-state index in [9.17, 15) is 4.79 Å². The maximum Gasteiger partial charge on any atom is 0.258 e. The molecule has 124 valence electrons. The molecule has 0 fully saturated rings. The number of amides is 1. The highest BCUT2D eigenvalue weighted by atomic mass is 32.1. The van der Waals surface area contributed by atoms with Crippen molar-refractivity contribution in [1.29, 1.82) is 0 Å². The van der Waals surface area contributed by atoms with Crippen LogP contribution in [0.15, 0.2) is 54.3 Å². The van der Waals surface area contributed by atoms with Crippen molar-refractivity contribution in [3.05, 3.63) is 65.7 Å². The number of aromatic nitrogens is 4. The summed E-state index contributed by atoms with van der Waals surface area (Å²) in [7, 11) is 0. The van der Waals surface area contributed by atoms with Crippen molar-refractivity contribution < 1.29 is 4.79 Å². The van der Waals surface area contributed by atoms with Crippen LogP contribution in [-0.4, -0.2) is 36.5 Å². The molecule has 0 bridgehead atoms. The molecule has 1 aliphatic heterocycles. The molecule has 1 aliphatic rings. The third kappa shape index (κ3) is 2.27. The normalized spacial score (nSPS) is 14.0. The van der Waals surface area contributed by atoms with E-state index in [2.05, 4.69) is 26.1 Å². The van der Waals surface area contributed by atoms with E-state index in [1.807, 2.05) is 41.6 Å². The van der Waals surface area contributed by atoms with Crippen LogP contribution < -0.4 is 0 Å². The molecule has 0 radical (unpaired) electrons. The van der Waals surface area contributed by atoms with E-state index in [0.717, 1.165) is 23.6 Å². The standard InChI is InChI=1S/C18H15N5OS/c24-18(13-10-20-23-6-2-1-4-14(13)23)21-7-8-22-15(11-19-17(22)12-21)16-5-3-9-25-16/h1-6,9-11H,7-8,12H2. The Morgan fingerprint density at radius 3 is 2.96 bits per heavy atom. The number of thiophene rings is 1. The molecule has 5 heterocycles. The number of imidazole rings is 1. The smallest absolute Gasteiger partial charge is 0.258 e. The van der Waals surface area contributed by atoms with Gasteiger partial charge in [0.15, 0.2) is 0 Å². The van der Waals surface area contributed by atoms with E-state index in [1.54, 1.807) is 22.0 Å². The van der Waals surface area contributed by atoms with Gasteiger partial charge in [0.05, 0.1) is 40.6 Å². The van der Waals surface area contributed by atoms with E-state index in [-0.39, 0.29) is 5.91 Å². The molecule has 4 aromatic heterocycles. The van der Waals surface area contributed by atoms with Crippen LogP contribution in [0.4, 0.5) is 0 Å². The zero-order valence-electron chi connectivity index (χ0n) is 13.4. The molecular weight excluding hydrogens is 334 g/mol. The molecule has 6 nitrogen and oxygen atoms in total. The van der Waals surface area contributed by atoms with Crippen molar-refractivity contribution in [3.8, 4) is 10.6 Å². The van der Waals surface area contributed by atoms with Crippen molar-refractivity contribution in [2.45, 2.75) is 13.1 Å². The molecule has 0 saturated carbocycles. The molecule has 0 atom stereocenters. The van der Waals surface area contributed by atoms with E-state index in [1.165, 1.54) is 4.88 Å². The monoisotopic (exact) mass is 349 g/mol. The van der Waals surface area contributed by atoms with Gasteiger partial charge in [-0.15, -0.1) is 11.3 Å². The minimum Gasteiger partial charge on any atom is -0.329 e. The molecule has 25 heavy (non-hydrogen) atoms. The van der Waals surface area contributed by atoms with Crippen molar-refractivity contribution in [1.82, 2.24) is 24.1 Å². The Morgan fingerprint density at radius 1 is 1.12 bits per heavy atom.